The number of benzene rings is 2. The Morgan fingerprint density at radius 3 is 2.24 bits per heavy atom. The lowest BCUT2D eigenvalue weighted by molar-refractivity contribution is -0.139. The molecule has 0 unspecified atom stereocenters. The smallest absolute Gasteiger partial charge is 0.244 e. The molecule has 1 N–H and O–H groups in total. The van der Waals surface area contributed by atoms with Gasteiger partial charge in [-0.1, -0.05) is 42.8 Å². The van der Waals surface area contributed by atoms with E-state index in [-0.39, 0.29) is 12.5 Å². The number of sulfonamides is 1. The first-order valence-corrected chi connectivity index (χ1v) is 13.0. The van der Waals surface area contributed by atoms with Crippen molar-refractivity contribution in [3.63, 3.8) is 0 Å². The molecule has 33 heavy (non-hydrogen) atoms. The zero-order chi connectivity index (χ0) is 24.8. The summed E-state index contributed by atoms with van der Waals surface area (Å²) in [5.41, 5.74) is 2.83. The second-order valence-electron chi connectivity index (χ2n) is 8.20. The maximum atomic E-state index is 13.5. The van der Waals surface area contributed by atoms with Crippen molar-refractivity contribution < 1.29 is 18.0 Å². The van der Waals surface area contributed by atoms with Gasteiger partial charge in [0.05, 0.1) is 11.9 Å². The maximum Gasteiger partial charge on any atom is 0.244 e. The summed E-state index contributed by atoms with van der Waals surface area (Å²) in [6, 6.07) is 11.6. The Hall–Kier alpha value is -2.58. The summed E-state index contributed by atoms with van der Waals surface area (Å²) in [7, 11) is -3.76. The Bertz CT molecular complexity index is 1080. The molecule has 0 aliphatic heterocycles. The Balaban J connectivity index is 2.42. The van der Waals surface area contributed by atoms with E-state index in [1.54, 1.807) is 43.3 Å². The van der Waals surface area contributed by atoms with Gasteiger partial charge in [-0.15, -0.1) is 0 Å². The predicted octanol–water partition coefficient (Wildman–Crippen LogP) is 3.67. The molecule has 0 spiro atoms. The summed E-state index contributed by atoms with van der Waals surface area (Å²) in [5.74, 6) is -0.812. The zero-order valence-corrected chi connectivity index (χ0v) is 21.3. The first kappa shape index (κ1) is 26.7. The molecular weight excluding hydrogens is 462 g/mol. The number of halogens is 1. The summed E-state index contributed by atoms with van der Waals surface area (Å²) >= 11 is 6.31. The van der Waals surface area contributed by atoms with E-state index in [2.05, 4.69) is 5.32 Å². The Morgan fingerprint density at radius 2 is 1.70 bits per heavy atom. The topological polar surface area (TPSA) is 86.8 Å². The van der Waals surface area contributed by atoms with Crippen molar-refractivity contribution in [3.8, 4) is 0 Å². The molecule has 0 saturated heterocycles. The van der Waals surface area contributed by atoms with Gasteiger partial charge in [0.15, 0.2) is 0 Å². The van der Waals surface area contributed by atoms with Gasteiger partial charge in [-0.3, -0.25) is 13.9 Å². The van der Waals surface area contributed by atoms with E-state index >= 15 is 0 Å². The van der Waals surface area contributed by atoms with Crippen LogP contribution in [0.4, 0.5) is 5.69 Å². The lowest BCUT2D eigenvalue weighted by Crippen LogP contribution is -2.51. The van der Waals surface area contributed by atoms with Gasteiger partial charge in [0, 0.05) is 18.1 Å². The minimum absolute atomic E-state index is 0.0731. The molecule has 2 aromatic carbocycles. The molecule has 0 bridgehead atoms. The molecule has 0 aromatic heterocycles. The van der Waals surface area contributed by atoms with Crippen LogP contribution in [0.15, 0.2) is 42.5 Å². The molecule has 2 aromatic rings. The van der Waals surface area contributed by atoms with Crippen LogP contribution in [0.3, 0.4) is 0 Å². The minimum atomic E-state index is -3.76. The summed E-state index contributed by atoms with van der Waals surface area (Å²) in [6.45, 7) is 7.41. The lowest BCUT2D eigenvalue weighted by Gasteiger charge is -2.31. The molecule has 2 amide bonds. The van der Waals surface area contributed by atoms with Gasteiger partial charge in [-0.05, 0) is 62.1 Å². The maximum absolute atomic E-state index is 13.5. The molecule has 180 valence electrons. The fraction of sp³-hybridized carbons (Fsp3) is 0.417. The van der Waals surface area contributed by atoms with E-state index in [1.165, 1.54) is 4.90 Å². The first-order valence-electron chi connectivity index (χ1n) is 10.8. The number of rotatable bonds is 10. The van der Waals surface area contributed by atoms with Crippen molar-refractivity contribution in [2.75, 3.05) is 23.7 Å². The van der Waals surface area contributed by atoms with Crippen molar-refractivity contribution in [2.24, 2.45) is 0 Å². The molecule has 0 aliphatic carbocycles. The van der Waals surface area contributed by atoms with Crippen molar-refractivity contribution >= 4 is 39.1 Å². The van der Waals surface area contributed by atoms with Gasteiger partial charge in [0.2, 0.25) is 21.8 Å². The molecule has 9 heteroatoms. The third kappa shape index (κ3) is 7.47. The van der Waals surface area contributed by atoms with Gasteiger partial charge in [-0.2, -0.15) is 0 Å². The average molecular weight is 494 g/mol. The molecule has 0 heterocycles. The third-order valence-corrected chi connectivity index (χ3v) is 6.70. The number of aryl methyl sites for hydroxylation is 2. The lowest BCUT2D eigenvalue weighted by atomic mass is 10.1. The van der Waals surface area contributed by atoms with Crippen LogP contribution in [0.2, 0.25) is 5.02 Å². The molecule has 7 nitrogen and oxygen atoms in total. The summed E-state index contributed by atoms with van der Waals surface area (Å²) in [5, 5.41) is 3.26. The third-order valence-electron chi connectivity index (χ3n) is 5.19. The van der Waals surface area contributed by atoms with Crippen LogP contribution in [0.5, 0.6) is 0 Å². The molecule has 0 aliphatic rings. The number of carbonyl (C=O) groups is 2. The van der Waals surface area contributed by atoms with Crippen LogP contribution in [0.1, 0.15) is 37.0 Å². The number of anilines is 1. The Kier molecular flexibility index (Phi) is 9.31. The summed E-state index contributed by atoms with van der Waals surface area (Å²) < 4.78 is 26.3. The molecule has 0 saturated carbocycles. The first-order chi connectivity index (χ1) is 15.4. The normalized spacial score (nSPS) is 12.2. The van der Waals surface area contributed by atoms with Crippen LogP contribution in [-0.2, 0) is 26.2 Å². The molecule has 0 radical (unpaired) electrons. The van der Waals surface area contributed by atoms with E-state index in [1.807, 2.05) is 26.8 Å². The van der Waals surface area contributed by atoms with Gasteiger partial charge in [-0.25, -0.2) is 8.42 Å². The quantitative estimate of drug-likeness (QED) is 0.547. The average Bonchev–Trinajstić information content (AvgIpc) is 2.73. The highest BCUT2D eigenvalue weighted by atomic mass is 35.5. The fourth-order valence-electron chi connectivity index (χ4n) is 3.50. The largest absolute Gasteiger partial charge is 0.354 e. The summed E-state index contributed by atoms with van der Waals surface area (Å²) in [4.78, 5) is 27.5. The zero-order valence-electron chi connectivity index (χ0n) is 19.8. The van der Waals surface area contributed by atoms with E-state index in [4.69, 9.17) is 11.6 Å². The van der Waals surface area contributed by atoms with Crippen molar-refractivity contribution in [3.05, 3.63) is 64.2 Å². The molecular formula is C24H32ClN3O4S. The monoisotopic (exact) mass is 493 g/mol. The van der Waals surface area contributed by atoms with Gasteiger partial charge in [0.1, 0.15) is 12.6 Å². The van der Waals surface area contributed by atoms with Gasteiger partial charge in [0.25, 0.3) is 0 Å². The van der Waals surface area contributed by atoms with E-state index in [9.17, 15) is 18.0 Å². The molecule has 1 atom stereocenters. The second-order valence-corrected chi connectivity index (χ2v) is 10.5. The van der Waals surface area contributed by atoms with E-state index in [0.29, 0.717) is 22.8 Å². The molecule has 0 fully saturated rings. The molecule has 2 rings (SSSR count). The second kappa shape index (κ2) is 11.5. The number of nitrogens with zero attached hydrogens (tertiary/aromatic N) is 2. The highest BCUT2D eigenvalue weighted by molar-refractivity contribution is 7.92. The SMILES string of the molecule is CCCNC(=O)[C@H](C)N(Cc1ccccc1Cl)C(=O)CN(c1cc(C)cc(C)c1)S(C)(=O)=O. The predicted molar refractivity (Wildman–Crippen MR) is 133 cm³/mol. The standard InChI is InChI=1S/C24H32ClN3O4S/c1-6-11-26-24(30)19(4)27(15-20-9-7-8-10-22(20)25)23(29)16-28(33(5,31)32)21-13-17(2)12-18(3)14-21/h7-10,12-14,19H,6,11,15-16H2,1-5H3,(H,26,30)/t19-/m0/s1. The van der Waals surface area contributed by atoms with Crippen molar-refractivity contribution in [1.29, 1.82) is 0 Å². The van der Waals surface area contributed by atoms with E-state index < -0.39 is 28.5 Å². The fourth-order valence-corrected chi connectivity index (χ4v) is 4.53. The minimum Gasteiger partial charge on any atom is -0.354 e. The van der Waals surface area contributed by atoms with Crippen LogP contribution < -0.4 is 9.62 Å². The van der Waals surface area contributed by atoms with E-state index in [0.717, 1.165) is 28.1 Å². The highest BCUT2D eigenvalue weighted by Crippen LogP contribution is 2.23. The Morgan fingerprint density at radius 1 is 1.09 bits per heavy atom. The number of hydrogen-bond acceptors (Lipinski definition) is 4. The number of nitrogens with one attached hydrogen (secondary N) is 1. The van der Waals surface area contributed by atoms with Crippen LogP contribution >= 0.6 is 11.6 Å². The van der Waals surface area contributed by atoms with Crippen molar-refractivity contribution in [1.82, 2.24) is 10.2 Å². The Labute approximate surface area is 201 Å². The van der Waals surface area contributed by atoms with Gasteiger partial charge < -0.3 is 10.2 Å². The highest BCUT2D eigenvalue weighted by Gasteiger charge is 2.30. The van der Waals surface area contributed by atoms with Crippen molar-refractivity contribution in [2.45, 2.75) is 46.7 Å². The van der Waals surface area contributed by atoms with Gasteiger partial charge >= 0.3 is 0 Å². The number of amides is 2. The van der Waals surface area contributed by atoms with Crippen LogP contribution in [-0.4, -0.2) is 50.5 Å². The number of hydrogen-bond donors (Lipinski definition) is 1. The van der Waals surface area contributed by atoms with Crippen LogP contribution in [0, 0.1) is 13.8 Å². The number of carbonyl (C=O) groups excluding carboxylic acids is 2. The summed E-state index contributed by atoms with van der Waals surface area (Å²) in [6.07, 6.45) is 1.82. The van der Waals surface area contributed by atoms with Crippen LogP contribution in [0.25, 0.3) is 0 Å².